The molecule has 2 heterocycles. The lowest BCUT2D eigenvalue weighted by Crippen LogP contribution is -2.39. The van der Waals surface area contributed by atoms with E-state index in [2.05, 4.69) is 4.90 Å². The van der Waals surface area contributed by atoms with Crippen molar-refractivity contribution in [1.82, 2.24) is 9.88 Å². The Hall–Kier alpha value is -2.20. The number of para-hydroxylation sites is 1. The fourth-order valence-electron chi connectivity index (χ4n) is 3.98. The number of carbonyl (C=O) groups excluding carboxylic acids is 1. The van der Waals surface area contributed by atoms with Crippen LogP contribution in [-0.2, 0) is 9.53 Å². The van der Waals surface area contributed by atoms with E-state index in [4.69, 9.17) is 14.5 Å². The smallest absolute Gasteiger partial charge is 0.228 e. The molecular formula is C26H32FN3O3S2. The monoisotopic (exact) mass is 517 g/mol. The van der Waals surface area contributed by atoms with Crippen molar-refractivity contribution in [3.05, 3.63) is 48.3 Å². The van der Waals surface area contributed by atoms with E-state index in [1.807, 2.05) is 30.0 Å². The van der Waals surface area contributed by atoms with Crippen molar-refractivity contribution in [2.75, 3.05) is 56.7 Å². The highest BCUT2D eigenvalue weighted by Gasteiger charge is 2.21. The van der Waals surface area contributed by atoms with Crippen molar-refractivity contribution in [3.8, 4) is 5.75 Å². The van der Waals surface area contributed by atoms with Gasteiger partial charge in [-0.2, -0.15) is 0 Å². The summed E-state index contributed by atoms with van der Waals surface area (Å²) in [6.45, 7) is 7.50. The highest BCUT2D eigenvalue weighted by atomic mass is 32.2. The van der Waals surface area contributed by atoms with Crippen LogP contribution in [-0.4, -0.2) is 67.5 Å². The fraction of sp³-hybridized carbons (Fsp3) is 0.462. The zero-order chi connectivity index (χ0) is 24.5. The maximum absolute atomic E-state index is 13.3. The molecule has 4 rings (SSSR count). The molecule has 0 spiro atoms. The van der Waals surface area contributed by atoms with Crippen LogP contribution in [0.2, 0.25) is 0 Å². The number of amides is 1. The van der Waals surface area contributed by atoms with Gasteiger partial charge in [0.25, 0.3) is 0 Å². The number of aromatic nitrogens is 1. The van der Waals surface area contributed by atoms with Crippen molar-refractivity contribution >= 4 is 44.4 Å². The number of ether oxygens (including phenoxy) is 2. The first-order valence-electron chi connectivity index (χ1n) is 12.1. The summed E-state index contributed by atoms with van der Waals surface area (Å²) in [5.41, 5.74) is 0.812. The van der Waals surface area contributed by atoms with Crippen LogP contribution in [0.3, 0.4) is 0 Å². The molecule has 1 saturated heterocycles. The summed E-state index contributed by atoms with van der Waals surface area (Å²) in [6.07, 6.45) is 2.07. The first-order chi connectivity index (χ1) is 17.1. The van der Waals surface area contributed by atoms with Gasteiger partial charge in [0.15, 0.2) is 5.13 Å². The number of fused-ring (bicyclic) bond motifs is 1. The molecule has 2 aromatic carbocycles. The summed E-state index contributed by atoms with van der Waals surface area (Å²) in [6, 6.07) is 12.4. The molecule has 0 N–H and O–H groups in total. The lowest BCUT2D eigenvalue weighted by molar-refractivity contribution is -0.118. The van der Waals surface area contributed by atoms with E-state index in [0.717, 1.165) is 77.4 Å². The van der Waals surface area contributed by atoms with Gasteiger partial charge in [0, 0.05) is 37.5 Å². The summed E-state index contributed by atoms with van der Waals surface area (Å²) in [7, 11) is 0. The van der Waals surface area contributed by atoms with Crippen LogP contribution in [0, 0.1) is 5.82 Å². The number of morpholine rings is 1. The number of nitrogens with zero attached hydrogens (tertiary/aromatic N) is 3. The standard InChI is InChI=1S/C26H32FN3O3S2/c1-2-33-22-6-3-7-23-25(22)28-26(35-23)30(14-5-13-29-15-17-32-18-16-29)24(31)8-4-19-34-21-11-9-20(27)10-12-21/h3,6-7,9-12H,2,4-5,8,13-19H2,1H3. The van der Waals surface area contributed by atoms with Gasteiger partial charge in [0.1, 0.15) is 17.1 Å². The van der Waals surface area contributed by atoms with Crippen LogP contribution in [0.5, 0.6) is 5.75 Å². The molecule has 1 fully saturated rings. The lowest BCUT2D eigenvalue weighted by Gasteiger charge is -2.27. The van der Waals surface area contributed by atoms with Crippen LogP contribution in [0.25, 0.3) is 10.2 Å². The SMILES string of the molecule is CCOc1cccc2sc(N(CCCN3CCOCC3)C(=O)CCCSc3ccc(F)cc3)nc12. The van der Waals surface area contributed by atoms with Gasteiger partial charge in [0.2, 0.25) is 5.91 Å². The van der Waals surface area contributed by atoms with Crippen molar-refractivity contribution in [3.63, 3.8) is 0 Å². The van der Waals surface area contributed by atoms with Gasteiger partial charge < -0.3 is 9.47 Å². The number of thioether (sulfide) groups is 1. The van der Waals surface area contributed by atoms with Crippen LogP contribution in [0.4, 0.5) is 9.52 Å². The van der Waals surface area contributed by atoms with Gasteiger partial charge in [-0.25, -0.2) is 9.37 Å². The average molecular weight is 518 g/mol. The molecule has 0 saturated carbocycles. The Morgan fingerprint density at radius 2 is 2.00 bits per heavy atom. The molecule has 0 atom stereocenters. The second kappa shape index (κ2) is 13.2. The lowest BCUT2D eigenvalue weighted by atomic mass is 10.2. The quantitative estimate of drug-likeness (QED) is 0.235. The third-order valence-corrected chi connectivity index (χ3v) is 7.92. The zero-order valence-electron chi connectivity index (χ0n) is 20.1. The van der Waals surface area contributed by atoms with E-state index in [0.29, 0.717) is 19.6 Å². The number of benzene rings is 2. The molecule has 3 aromatic rings. The summed E-state index contributed by atoms with van der Waals surface area (Å²) in [4.78, 5) is 23.4. The van der Waals surface area contributed by atoms with Crippen molar-refractivity contribution in [2.45, 2.75) is 31.1 Å². The van der Waals surface area contributed by atoms with Crippen LogP contribution in [0.1, 0.15) is 26.2 Å². The first-order valence-corrected chi connectivity index (χ1v) is 14.0. The minimum Gasteiger partial charge on any atom is -0.492 e. The van der Waals surface area contributed by atoms with Crippen LogP contribution < -0.4 is 9.64 Å². The van der Waals surface area contributed by atoms with Crippen molar-refractivity contribution in [2.24, 2.45) is 0 Å². The summed E-state index contributed by atoms with van der Waals surface area (Å²) in [5.74, 6) is 1.40. The second-order valence-electron chi connectivity index (χ2n) is 8.29. The molecule has 1 aliphatic heterocycles. The molecule has 0 bridgehead atoms. The Balaban J connectivity index is 1.40. The van der Waals surface area contributed by atoms with Crippen LogP contribution >= 0.6 is 23.1 Å². The summed E-state index contributed by atoms with van der Waals surface area (Å²) < 4.78 is 25.3. The number of halogens is 1. The van der Waals surface area contributed by atoms with E-state index in [1.54, 1.807) is 23.9 Å². The fourth-order valence-corrected chi connectivity index (χ4v) is 5.86. The van der Waals surface area contributed by atoms with Gasteiger partial charge >= 0.3 is 0 Å². The molecule has 1 aromatic heterocycles. The Labute approximate surface area is 214 Å². The summed E-state index contributed by atoms with van der Waals surface area (Å²) in [5, 5.41) is 0.727. The van der Waals surface area contributed by atoms with Crippen molar-refractivity contribution < 1.29 is 18.7 Å². The second-order valence-corrected chi connectivity index (χ2v) is 10.5. The Morgan fingerprint density at radius 1 is 1.20 bits per heavy atom. The third-order valence-electron chi connectivity index (χ3n) is 5.78. The summed E-state index contributed by atoms with van der Waals surface area (Å²) >= 11 is 3.18. The highest BCUT2D eigenvalue weighted by molar-refractivity contribution is 7.99. The predicted octanol–water partition coefficient (Wildman–Crippen LogP) is 5.46. The van der Waals surface area contributed by atoms with Crippen LogP contribution in [0.15, 0.2) is 47.4 Å². The number of hydrogen-bond acceptors (Lipinski definition) is 7. The minimum atomic E-state index is -0.236. The zero-order valence-corrected chi connectivity index (χ0v) is 21.7. The van der Waals surface area contributed by atoms with E-state index in [1.165, 1.54) is 23.5 Å². The van der Waals surface area contributed by atoms with Gasteiger partial charge in [-0.05, 0) is 61.9 Å². The van der Waals surface area contributed by atoms with E-state index >= 15 is 0 Å². The van der Waals surface area contributed by atoms with Gasteiger partial charge in [-0.3, -0.25) is 14.6 Å². The molecule has 188 valence electrons. The molecule has 6 nitrogen and oxygen atoms in total. The normalized spacial score (nSPS) is 14.3. The van der Waals surface area contributed by atoms with Gasteiger partial charge in [-0.15, -0.1) is 11.8 Å². The van der Waals surface area contributed by atoms with E-state index < -0.39 is 0 Å². The largest absolute Gasteiger partial charge is 0.492 e. The van der Waals surface area contributed by atoms with Crippen molar-refractivity contribution in [1.29, 1.82) is 0 Å². The van der Waals surface area contributed by atoms with Gasteiger partial charge in [-0.1, -0.05) is 17.4 Å². The van der Waals surface area contributed by atoms with Gasteiger partial charge in [0.05, 0.1) is 24.5 Å². The molecule has 0 radical (unpaired) electrons. The Morgan fingerprint density at radius 3 is 2.77 bits per heavy atom. The van der Waals surface area contributed by atoms with E-state index in [-0.39, 0.29) is 11.7 Å². The number of thiazole rings is 1. The average Bonchev–Trinajstić information content (AvgIpc) is 3.31. The number of hydrogen-bond donors (Lipinski definition) is 0. The first kappa shape index (κ1) is 25.9. The maximum atomic E-state index is 13.3. The molecule has 0 aliphatic carbocycles. The molecule has 9 heteroatoms. The van der Waals surface area contributed by atoms with E-state index in [9.17, 15) is 9.18 Å². The maximum Gasteiger partial charge on any atom is 0.228 e. The third kappa shape index (κ3) is 7.39. The number of carbonyl (C=O) groups is 1. The molecule has 0 unspecified atom stereocenters. The Bertz CT molecular complexity index is 1090. The predicted molar refractivity (Wildman–Crippen MR) is 141 cm³/mol. The molecule has 35 heavy (non-hydrogen) atoms. The molecule has 1 aliphatic rings. The minimum absolute atomic E-state index is 0.0868. The molecule has 1 amide bonds. The topological polar surface area (TPSA) is 54.9 Å². The molecular weight excluding hydrogens is 485 g/mol. The Kier molecular flexibility index (Phi) is 9.76. The highest BCUT2D eigenvalue weighted by Crippen LogP contribution is 2.34. The number of anilines is 1. The number of rotatable bonds is 12.